The topological polar surface area (TPSA) is 52.7 Å². The van der Waals surface area contributed by atoms with E-state index in [0.29, 0.717) is 18.5 Å². The van der Waals surface area contributed by atoms with Gasteiger partial charge in [0.1, 0.15) is 0 Å². The van der Waals surface area contributed by atoms with Gasteiger partial charge in [-0.2, -0.15) is 0 Å². The van der Waals surface area contributed by atoms with Crippen molar-refractivity contribution in [1.82, 2.24) is 10.2 Å². The van der Waals surface area contributed by atoms with Crippen LogP contribution in [0.5, 0.6) is 0 Å². The van der Waals surface area contributed by atoms with Crippen LogP contribution in [-0.4, -0.2) is 42.9 Å². The first-order valence-corrected chi connectivity index (χ1v) is 10.6. The predicted octanol–water partition coefficient (Wildman–Crippen LogP) is 3.69. The molecule has 2 saturated heterocycles. The minimum Gasteiger partial charge on any atom is -0.350 e. The molecular formula is C24H29N3O2. The molecule has 0 spiro atoms. The van der Waals surface area contributed by atoms with E-state index in [1.165, 1.54) is 24.0 Å². The minimum absolute atomic E-state index is 0.0675. The van der Waals surface area contributed by atoms with E-state index < -0.39 is 0 Å². The zero-order chi connectivity index (χ0) is 20.2. The lowest BCUT2D eigenvalue weighted by molar-refractivity contribution is -0.117. The van der Waals surface area contributed by atoms with Crippen molar-refractivity contribution in [3.8, 4) is 0 Å². The summed E-state index contributed by atoms with van der Waals surface area (Å²) < 4.78 is 0. The molecule has 4 rings (SSSR count). The normalized spacial score (nSPS) is 18.2. The third-order valence-corrected chi connectivity index (χ3v) is 6.10. The largest absolute Gasteiger partial charge is 0.350 e. The number of aryl methyl sites for hydroxylation is 1. The molecular weight excluding hydrogens is 362 g/mol. The molecule has 1 atom stereocenters. The van der Waals surface area contributed by atoms with Crippen molar-refractivity contribution in [1.29, 1.82) is 0 Å². The number of amides is 2. The number of likely N-dealkylation sites (tertiary alicyclic amines) is 1. The van der Waals surface area contributed by atoms with E-state index in [1.54, 1.807) is 4.90 Å². The molecule has 5 heteroatoms. The van der Waals surface area contributed by atoms with Gasteiger partial charge in [0.15, 0.2) is 0 Å². The number of anilines is 1. The summed E-state index contributed by atoms with van der Waals surface area (Å²) in [6, 6.07) is 16.0. The van der Waals surface area contributed by atoms with Crippen LogP contribution in [0, 0.1) is 6.92 Å². The van der Waals surface area contributed by atoms with Gasteiger partial charge >= 0.3 is 0 Å². The first-order chi connectivity index (χ1) is 14.1. The molecule has 0 radical (unpaired) electrons. The third-order valence-electron chi connectivity index (χ3n) is 6.10. The Hall–Kier alpha value is -2.66. The number of rotatable bonds is 6. The molecule has 2 aliphatic rings. The summed E-state index contributed by atoms with van der Waals surface area (Å²) in [6.45, 7) is 5.65. The van der Waals surface area contributed by atoms with Crippen molar-refractivity contribution in [2.45, 2.75) is 38.6 Å². The van der Waals surface area contributed by atoms with Crippen LogP contribution in [0.2, 0.25) is 0 Å². The molecule has 2 aromatic carbocycles. The predicted molar refractivity (Wildman–Crippen MR) is 115 cm³/mol. The lowest BCUT2D eigenvalue weighted by Crippen LogP contribution is -2.37. The van der Waals surface area contributed by atoms with Crippen molar-refractivity contribution < 1.29 is 9.59 Å². The van der Waals surface area contributed by atoms with Gasteiger partial charge in [0.2, 0.25) is 5.91 Å². The second kappa shape index (κ2) is 8.78. The highest BCUT2D eigenvalue weighted by Gasteiger charge is 2.25. The fourth-order valence-corrected chi connectivity index (χ4v) is 4.46. The summed E-state index contributed by atoms with van der Waals surface area (Å²) in [5, 5.41) is 3.14. The lowest BCUT2D eigenvalue weighted by Gasteiger charge is -2.29. The van der Waals surface area contributed by atoms with Crippen molar-refractivity contribution in [2.24, 2.45) is 0 Å². The molecule has 2 aromatic rings. The summed E-state index contributed by atoms with van der Waals surface area (Å²) >= 11 is 0. The Bertz CT molecular complexity index is 872. The molecule has 0 saturated carbocycles. The number of benzene rings is 2. The van der Waals surface area contributed by atoms with Gasteiger partial charge in [0.25, 0.3) is 5.91 Å². The molecule has 2 aliphatic heterocycles. The first kappa shape index (κ1) is 19.6. The number of hydrogen-bond acceptors (Lipinski definition) is 3. The standard InChI is InChI=1S/C24H29N3O2/c1-18-7-2-3-8-21(18)22(26-14-4-5-15-26)17-25-24(29)19-10-12-20(13-11-19)27-16-6-9-23(27)28/h2-3,7-8,10-13,22H,4-6,9,14-17H2,1H3,(H,25,29). The van der Waals surface area contributed by atoms with Gasteiger partial charge in [-0.3, -0.25) is 14.5 Å². The van der Waals surface area contributed by atoms with Gasteiger partial charge < -0.3 is 10.2 Å². The zero-order valence-electron chi connectivity index (χ0n) is 17.1. The second-order valence-electron chi connectivity index (χ2n) is 8.02. The quantitative estimate of drug-likeness (QED) is 0.817. The molecule has 1 unspecified atom stereocenters. The molecule has 29 heavy (non-hydrogen) atoms. The van der Waals surface area contributed by atoms with Crippen LogP contribution in [0.3, 0.4) is 0 Å². The molecule has 2 heterocycles. The van der Waals surface area contributed by atoms with Crippen molar-refractivity contribution in [3.05, 3.63) is 65.2 Å². The van der Waals surface area contributed by atoms with Crippen LogP contribution in [0.25, 0.3) is 0 Å². The third kappa shape index (κ3) is 4.35. The van der Waals surface area contributed by atoms with E-state index in [0.717, 1.165) is 31.7 Å². The Kier molecular flexibility index (Phi) is 5.95. The van der Waals surface area contributed by atoms with Gasteiger partial charge in [-0.1, -0.05) is 24.3 Å². The summed E-state index contributed by atoms with van der Waals surface area (Å²) in [5.41, 5.74) is 4.06. The van der Waals surface area contributed by atoms with Crippen LogP contribution < -0.4 is 10.2 Å². The highest BCUT2D eigenvalue weighted by Crippen LogP contribution is 2.27. The van der Waals surface area contributed by atoms with Crippen LogP contribution in [0.4, 0.5) is 5.69 Å². The average molecular weight is 392 g/mol. The maximum absolute atomic E-state index is 12.8. The van der Waals surface area contributed by atoms with E-state index in [2.05, 4.69) is 41.4 Å². The van der Waals surface area contributed by atoms with E-state index in [9.17, 15) is 9.59 Å². The highest BCUT2D eigenvalue weighted by atomic mass is 16.2. The van der Waals surface area contributed by atoms with Crippen molar-refractivity contribution in [2.75, 3.05) is 31.1 Å². The summed E-state index contributed by atoms with van der Waals surface area (Å²) in [4.78, 5) is 28.9. The number of hydrogen-bond donors (Lipinski definition) is 1. The molecule has 0 aliphatic carbocycles. The molecule has 0 bridgehead atoms. The van der Waals surface area contributed by atoms with Crippen molar-refractivity contribution >= 4 is 17.5 Å². The van der Waals surface area contributed by atoms with Crippen LogP contribution >= 0.6 is 0 Å². The fraction of sp³-hybridized carbons (Fsp3) is 0.417. The van der Waals surface area contributed by atoms with Gasteiger partial charge in [-0.05, 0) is 74.7 Å². The van der Waals surface area contributed by atoms with Gasteiger partial charge in [-0.15, -0.1) is 0 Å². The second-order valence-corrected chi connectivity index (χ2v) is 8.02. The van der Waals surface area contributed by atoms with Gasteiger partial charge in [0.05, 0.1) is 6.04 Å². The minimum atomic E-state index is -0.0675. The molecule has 2 amide bonds. The maximum Gasteiger partial charge on any atom is 0.251 e. The summed E-state index contributed by atoms with van der Waals surface area (Å²) in [7, 11) is 0. The molecule has 0 aromatic heterocycles. The number of carbonyl (C=O) groups is 2. The van der Waals surface area contributed by atoms with Crippen LogP contribution in [0.15, 0.2) is 48.5 Å². The number of nitrogens with zero attached hydrogens (tertiary/aromatic N) is 2. The van der Waals surface area contributed by atoms with E-state index >= 15 is 0 Å². The summed E-state index contributed by atoms with van der Waals surface area (Å²) in [6.07, 6.45) is 3.94. The Balaban J connectivity index is 1.44. The smallest absolute Gasteiger partial charge is 0.251 e. The van der Waals surface area contributed by atoms with Crippen LogP contribution in [0.1, 0.15) is 53.2 Å². The van der Waals surface area contributed by atoms with Gasteiger partial charge in [-0.25, -0.2) is 0 Å². The van der Waals surface area contributed by atoms with Crippen molar-refractivity contribution in [3.63, 3.8) is 0 Å². The molecule has 2 fully saturated rings. The van der Waals surface area contributed by atoms with E-state index in [-0.39, 0.29) is 17.9 Å². The lowest BCUT2D eigenvalue weighted by atomic mass is 10.00. The Morgan fingerprint density at radius 1 is 1.00 bits per heavy atom. The van der Waals surface area contributed by atoms with Crippen LogP contribution in [-0.2, 0) is 4.79 Å². The molecule has 1 N–H and O–H groups in total. The van der Waals surface area contributed by atoms with E-state index in [1.807, 2.05) is 24.3 Å². The number of nitrogens with one attached hydrogen (secondary N) is 1. The maximum atomic E-state index is 12.8. The Morgan fingerprint density at radius 2 is 1.72 bits per heavy atom. The fourth-order valence-electron chi connectivity index (χ4n) is 4.46. The van der Waals surface area contributed by atoms with E-state index in [4.69, 9.17) is 0 Å². The number of carbonyl (C=O) groups excluding carboxylic acids is 2. The first-order valence-electron chi connectivity index (χ1n) is 10.6. The molecule has 5 nitrogen and oxygen atoms in total. The Labute approximate surface area is 172 Å². The average Bonchev–Trinajstić information content (AvgIpc) is 3.41. The molecule has 152 valence electrons. The summed E-state index contributed by atoms with van der Waals surface area (Å²) in [5.74, 6) is 0.0935. The highest BCUT2D eigenvalue weighted by molar-refractivity contribution is 5.97. The zero-order valence-corrected chi connectivity index (χ0v) is 17.1. The SMILES string of the molecule is Cc1ccccc1C(CNC(=O)c1ccc(N2CCCC2=O)cc1)N1CCCC1. The van der Waals surface area contributed by atoms with Gasteiger partial charge in [0, 0.05) is 30.8 Å². The Morgan fingerprint density at radius 3 is 2.38 bits per heavy atom. The monoisotopic (exact) mass is 391 g/mol.